The number of aromatic nitrogens is 3. The molecule has 5 heterocycles. The fourth-order valence-electron chi connectivity index (χ4n) is 7.00. The van der Waals surface area contributed by atoms with Crippen LogP contribution in [-0.2, 0) is 9.59 Å². The third-order valence-electron chi connectivity index (χ3n) is 9.71. The molecule has 3 aliphatic rings. The quantitative estimate of drug-likeness (QED) is 0.390. The van der Waals surface area contributed by atoms with E-state index in [2.05, 4.69) is 78.9 Å². The maximum Gasteiger partial charge on any atom is 0.327 e. The van der Waals surface area contributed by atoms with E-state index in [9.17, 15) is 14.4 Å². The van der Waals surface area contributed by atoms with Crippen LogP contribution in [0.3, 0.4) is 0 Å². The summed E-state index contributed by atoms with van der Waals surface area (Å²) in [5.74, 6) is 0.0861. The van der Waals surface area contributed by atoms with E-state index >= 15 is 0 Å². The van der Waals surface area contributed by atoms with Crippen LogP contribution in [0.15, 0.2) is 47.4 Å². The summed E-state index contributed by atoms with van der Waals surface area (Å²) >= 11 is 1.64. The third-order valence-corrected chi connectivity index (χ3v) is 11.2. The van der Waals surface area contributed by atoms with E-state index in [0.29, 0.717) is 44.2 Å². The average Bonchev–Trinajstić information content (AvgIpc) is 3.71. The fourth-order valence-corrected chi connectivity index (χ4v) is 8.50. The number of fused-ring (bicyclic) bond motifs is 1. The van der Waals surface area contributed by atoms with E-state index in [1.165, 1.54) is 11.3 Å². The first-order valence-electron chi connectivity index (χ1n) is 16.3. The van der Waals surface area contributed by atoms with Gasteiger partial charge in [0.15, 0.2) is 5.65 Å². The van der Waals surface area contributed by atoms with Crippen LogP contribution in [0.25, 0.3) is 11.2 Å². The molecule has 3 saturated heterocycles. The molecule has 0 radical (unpaired) electrons. The van der Waals surface area contributed by atoms with E-state index in [0.717, 1.165) is 31.4 Å². The van der Waals surface area contributed by atoms with Crippen molar-refractivity contribution in [3.8, 4) is 0 Å². The molecule has 3 aromatic rings. The Kier molecular flexibility index (Phi) is 9.03. The summed E-state index contributed by atoms with van der Waals surface area (Å²) in [5, 5.41) is -0.538. The van der Waals surface area contributed by atoms with Crippen molar-refractivity contribution in [3.05, 3.63) is 58.6 Å². The van der Waals surface area contributed by atoms with Crippen molar-refractivity contribution in [1.29, 1.82) is 0 Å². The highest BCUT2D eigenvalue weighted by atomic mass is 32.2. The molecule has 2 amide bonds. The molecule has 1 N–H and O–H groups in total. The van der Waals surface area contributed by atoms with Crippen LogP contribution in [0, 0.1) is 5.41 Å². The van der Waals surface area contributed by atoms with Crippen LogP contribution in [0.4, 0.5) is 5.69 Å². The average molecular weight is 634 g/mol. The van der Waals surface area contributed by atoms with Gasteiger partial charge in [-0.15, -0.1) is 11.8 Å². The minimum absolute atomic E-state index is 0.00781. The van der Waals surface area contributed by atoms with Crippen LogP contribution in [0.2, 0.25) is 0 Å². The Labute approximate surface area is 270 Å². The summed E-state index contributed by atoms with van der Waals surface area (Å²) in [5.41, 5.74) is 3.68. The number of carbonyl (C=O) groups excluding carboxylic acids is 2. The molecule has 2 aromatic heterocycles. The van der Waals surface area contributed by atoms with Crippen molar-refractivity contribution in [2.75, 3.05) is 51.7 Å². The predicted octanol–water partition coefficient (Wildman–Crippen LogP) is 4.50. The molecule has 242 valence electrons. The van der Waals surface area contributed by atoms with Crippen molar-refractivity contribution < 1.29 is 9.59 Å². The Balaban J connectivity index is 1.16. The second-order valence-corrected chi connectivity index (χ2v) is 15.5. The summed E-state index contributed by atoms with van der Waals surface area (Å²) in [4.78, 5) is 56.2. The normalized spacial score (nSPS) is 23.2. The highest BCUT2D eigenvalue weighted by Crippen LogP contribution is 2.48. The van der Waals surface area contributed by atoms with Crippen LogP contribution < -0.4 is 10.6 Å². The summed E-state index contributed by atoms with van der Waals surface area (Å²) in [7, 11) is 4.28. The van der Waals surface area contributed by atoms with Crippen LogP contribution in [-0.4, -0.2) is 99.2 Å². The summed E-state index contributed by atoms with van der Waals surface area (Å²) in [6.45, 7) is 10.4. The van der Waals surface area contributed by atoms with Gasteiger partial charge in [0.2, 0.25) is 11.8 Å². The van der Waals surface area contributed by atoms with Gasteiger partial charge >= 0.3 is 5.69 Å². The summed E-state index contributed by atoms with van der Waals surface area (Å²) < 4.78 is 1.79. The van der Waals surface area contributed by atoms with Gasteiger partial charge in [-0.25, -0.2) is 9.78 Å². The number of hydrogen-bond donors (Lipinski definition) is 1. The number of nitrogens with one attached hydrogen (secondary N) is 1. The number of H-pyrrole nitrogens is 1. The van der Waals surface area contributed by atoms with Gasteiger partial charge in [-0.05, 0) is 63.4 Å². The first kappa shape index (κ1) is 31.7. The maximum absolute atomic E-state index is 14.0. The lowest BCUT2D eigenvalue weighted by Gasteiger charge is -2.33. The number of hydrogen-bond acceptors (Lipinski definition) is 7. The molecule has 1 aromatic carbocycles. The van der Waals surface area contributed by atoms with Crippen LogP contribution in [0.1, 0.15) is 69.9 Å². The number of piperidine rings is 1. The Morgan fingerprint density at radius 2 is 1.80 bits per heavy atom. The Morgan fingerprint density at radius 1 is 1.04 bits per heavy atom. The standard InChI is InChI=1S/C34H47N7O3S/c1-34(2,3)15-20-40-31(43)28(45-32(40)25-9-6-7-10-26(25)39-19-14-24(22-39)37(4)5)21-29(42)38-17-12-23(13-18-38)41-27-11-8-16-35-30(27)36-33(41)44/h6-11,16,23-24,28,32H,12-15,17-22H2,1-5H3,(H,35,36,44)/t24-,28?,32?/m1/s1. The van der Waals surface area contributed by atoms with Crippen LogP contribution >= 0.6 is 11.8 Å². The lowest BCUT2D eigenvalue weighted by Crippen LogP contribution is -2.42. The number of rotatable bonds is 8. The van der Waals surface area contributed by atoms with Gasteiger partial charge in [-0.1, -0.05) is 39.0 Å². The topological polar surface area (TPSA) is 97.8 Å². The van der Waals surface area contributed by atoms with Crippen molar-refractivity contribution in [1.82, 2.24) is 29.2 Å². The molecule has 6 rings (SSSR count). The Hall–Kier alpha value is -3.31. The molecule has 11 heteroatoms. The Morgan fingerprint density at radius 3 is 2.51 bits per heavy atom. The smallest absolute Gasteiger partial charge is 0.327 e. The van der Waals surface area contributed by atoms with Crippen molar-refractivity contribution >= 4 is 40.4 Å². The zero-order chi connectivity index (χ0) is 31.9. The molecule has 0 spiro atoms. The Bertz CT molecular complexity index is 1590. The molecule has 3 atom stereocenters. The maximum atomic E-state index is 14.0. The SMILES string of the molecule is CN(C)[C@@H]1CCN(c2ccccc2C2SC(CC(=O)N3CCC(n4c(=O)[nH]c5ncccc54)CC3)C(=O)N2CCC(C)(C)C)C1. The number of imidazole rings is 1. The van der Waals surface area contributed by atoms with E-state index in [1.54, 1.807) is 22.5 Å². The second kappa shape index (κ2) is 12.8. The first-order chi connectivity index (χ1) is 21.5. The van der Waals surface area contributed by atoms with Crippen molar-refractivity contribution in [2.24, 2.45) is 5.41 Å². The molecule has 45 heavy (non-hydrogen) atoms. The van der Waals surface area contributed by atoms with Gasteiger partial charge in [0.05, 0.1) is 10.8 Å². The lowest BCUT2D eigenvalue weighted by atomic mass is 9.92. The number of likely N-dealkylation sites (N-methyl/N-ethyl adjacent to an activating group) is 1. The zero-order valence-electron chi connectivity index (χ0n) is 27.2. The molecule has 3 fully saturated rings. The molecule has 0 saturated carbocycles. The van der Waals surface area contributed by atoms with E-state index < -0.39 is 5.25 Å². The van der Waals surface area contributed by atoms with Gasteiger partial charge < -0.3 is 19.6 Å². The van der Waals surface area contributed by atoms with Gasteiger partial charge in [0, 0.05) is 68.7 Å². The van der Waals surface area contributed by atoms with E-state index in [-0.39, 0.29) is 40.8 Å². The monoisotopic (exact) mass is 633 g/mol. The summed E-state index contributed by atoms with van der Waals surface area (Å²) in [6.07, 6.45) is 5.26. The lowest BCUT2D eigenvalue weighted by molar-refractivity contribution is -0.136. The van der Waals surface area contributed by atoms with Crippen molar-refractivity contribution in [2.45, 2.75) is 75.6 Å². The number of likely N-dealkylation sites (tertiary alicyclic amines) is 1. The molecular weight excluding hydrogens is 586 g/mol. The zero-order valence-corrected chi connectivity index (χ0v) is 28.1. The van der Waals surface area contributed by atoms with Crippen molar-refractivity contribution in [3.63, 3.8) is 0 Å². The number of carbonyl (C=O) groups is 2. The third kappa shape index (κ3) is 6.65. The first-order valence-corrected chi connectivity index (χ1v) is 17.2. The minimum atomic E-state index is -0.413. The number of thioether (sulfide) groups is 1. The number of nitrogens with zero attached hydrogens (tertiary/aromatic N) is 6. The van der Waals surface area contributed by atoms with E-state index in [1.807, 2.05) is 21.9 Å². The largest absolute Gasteiger partial charge is 0.370 e. The van der Waals surface area contributed by atoms with Gasteiger partial charge in [-0.2, -0.15) is 0 Å². The predicted molar refractivity (Wildman–Crippen MR) is 180 cm³/mol. The highest BCUT2D eigenvalue weighted by Gasteiger charge is 2.44. The van der Waals surface area contributed by atoms with Gasteiger partial charge in [-0.3, -0.25) is 19.1 Å². The summed E-state index contributed by atoms with van der Waals surface area (Å²) in [6, 6.07) is 12.8. The number of amides is 2. The fraction of sp³-hybridized carbons (Fsp3) is 0.588. The van der Waals surface area contributed by atoms with Gasteiger partial charge in [0.25, 0.3) is 0 Å². The number of pyridine rings is 1. The van der Waals surface area contributed by atoms with E-state index in [4.69, 9.17) is 0 Å². The number of benzene rings is 1. The second-order valence-electron chi connectivity index (χ2n) is 14.2. The van der Waals surface area contributed by atoms with Crippen LogP contribution in [0.5, 0.6) is 0 Å². The molecule has 2 unspecified atom stereocenters. The molecule has 3 aliphatic heterocycles. The molecule has 0 aliphatic carbocycles. The molecular formula is C34H47N7O3S. The number of aromatic amines is 1. The van der Waals surface area contributed by atoms with Gasteiger partial charge in [0.1, 0.15) is 5.37 Å². The highest BCUT2D eigenvalue weighted by molar-refractivity contribution is 8.01. The number of para-hydroxylation sites is 1. The number of anilines is 1. The minimum Gasteiger partial charge on any atom is -0.370 e. The molecule has 10 nitrogen and oxygen atoms in total. The molecule has 0 bridgehead atoms.